The summed E-state index contributed by atoms with van der Waals surface area (Å²) >= 11 is 0. The first-order valence-electron chi connectivity index (χ1n) is 9.42. The third-order valence-corrected chi connectivity index (χ3v) is 4.13. The third-order valence-electron chi connectivity index (χ3n) is 4.13. The summed E-state index contributed by atoms with van der Waals surface area (Å²) in [4.78, 5) is 17.7. The normalized spacial score (nSPS) is 13.1. The minimum atomic E-state index is -0.486. The largest absolute Gasteiger partial charge is 0.493 e. The van der Waals surface area contributed by atoms with E-state index in [4.69, 9.17) is 9.47 Å². The quantitative estimate of drug-likeness (QED) is 0.354. The monoisotopic (exact) mass is 504 g/mol. The molecule has 28 heavy (non-hydrogen) atoms. The van der Waals surface area contributed by atoms with Crippen LogP contribution in [0.4, 0.5) is 4.79 Å². The molecule has 0 radical (unpaired) electrons. The van der Waals surface area contributed by atoms with Crippen molar-refractivity contribution in [3.63, 3.8) is 0 Å². The molecule has 2 N–H and O–H groups in total. The van der Waals surface area contributed by atoms with Crippen LogP contribution < -0.4 is 15.4 Å². The third kappa shape index (κ3) is 8.12. The molecule has 1 aliphatic rings. The number of likely N-dealkylation sites (N-methyl/N-ethyl adjacent to an activating group) is 1. The van der Waals surface area contributed by atoms with Crippen molar-refractivity contribution in [3.05, 3.63) is 29.3 Å². The second-order valence-corrected chi connectivity index (χ2v) is 7.62. The SMILES string of the molecule is CN=C(NCCc1ccc2c(c1)CCO2)NCCN(C)C(=O)OC(C)(C)C.I. The number of carbonyl (C=O) groups excluding carboxylic acids is 1. The number of hydrogen-bond acceptors (Lipinski definition) is 4. The van der Waals surface area contributed by atoms with E-state index in [0.717, 1.165) is 37.7 Å². The van der Waals surface area contributed by atoms with Gasteiger partial charge in [-0.3, -0.25) is 4.99 Å². The smallest absolute Gasteiger partial charge is 0.410 e. The van der Waals surface area contributed by atoms with Crippen LogP contribution in [0.15, 0.2) is 23.2 Å². The van der Waals surface area contributed by atoms with Crippen molar-refractivity contribution in [3.8, 4) is 5.75 Å². The highest BCUT2D eigenvalue weighted by molar-refractivity contribution is 14.0. The van der Waals surface area contributed by atoms with Gasteiger partial charge in [0.1, 0.15) is 11.4 Å². The van der Waals surface area contributed by atoms with E-state index in [-0.39, 0.29) is 30.1 Å². The summed E-state index contributed by atoms with van der Waals surface area (Å²) in [5.41, 5.74) is 2.09. The number of aliphatic imine (C=N–C) groups is 1. The molecule has 1 heterocycles. The van der Waals surface area contributed by atoms with E-state index in [9.17, 15) is 4.79 Å². The Morgan fingerprint density at radius 3 is 2.68 bits per heavy atom. The Morgan fingerprint density at radius 2 is 2.00 bits per heavy atom. The average Bonchev–Trinajstić information content (AvgIpc) is 3.06. The van der Waals surface area contributed by atoms with Crippen LogP contribution in [0.2, 0.25) is 0 Å². The summed E-state index contributed by atoms with van der Waals surface area (Å²) in [7, 11) is 3.46. The fourth-order valence-corrected chi connectivity index (χ4v) is 2.71. The topological polar surface area (TPSA) is 75.2 Å². The van der Waals surface area contributed by atoms with Crippen molar-refractivity contribution in [1.29, 1.82) is 0 Å². The Hall–Kier alpha value is -1.71. The lowest BCUT2D eigenvalue weighted by atomic mass is 10.1. The fourth-order valence-electron chi connectivity index (χ4n) is 2.71. The van der Waals surface area contributed by atoms with Gasteiger partial charge in [0.2, 0.25) is 0 Å². The molecule has 158 valence electrons. The van der Waals surface area contributed by atoms with Crippen LogP contribution in [0, 0.1) is 0 Å². The molecule has 0 saturated carbocycles. The number of guanidine groups is 1. The molecular weight excluding hydrogens is 471 g/mol. The summed E-state index contributed by atoms with van der Waals surface area (Å²) in [6, 6.07) is 6.38. The van der Waals surface area contributed by atoms with Gasteiger partial charge in [-0.2, -0.15) is 0 Å². The van der Waals surface area contributed by atoms with E-state index in [2.05, 4.69) is 33.8 Å². The number of hydrogen-bond donors (Lipinski definition) is 2. The van der Waals surface area contributed by atoms with Crippen LogP contribution in [-0.4, -0.2) is 62.9 Å². The number of ether oxygens (including phenoxy) is 2. The fraction of sp³-hybridized carbons (Fsp3) is 0.600. The molecule has 0 bridgehead atoms. The lowest BCUT2D eigenvalue weighted by molar-refractivity contribution is 0.0302. The number of nitrogens with zero attached hydrogens (tertiary/aromatic N) is 2. The average molecular weight is 504 g/mol. The molecule has 1 amide bonds. The second kappa shape index (κ2) is 11.3. The van der Waals surface area contributed by atoms with Crippen LogP contribution >= 0.6 is 24.0 Å². The summed E-state index contributed by atoms with van der Waals surface area (Å²) in [6.07, 6.45) is 1.57. The Bertz CT molecular complexity index is 674. The zero-order valence-corrected chi connectivity index (χ0v) is 19.8. The van der Waals surface area contributed by atoms with Gasteiger partial charge in [-0.15, -0.1) is 24.0 Å². The number of carbonyl (C=O) groups is 1. The number of rotatable bonds is 6. The van der Waals surface area contributed by atoms with Crippen molar-refractivity contribution in [1.82, 2.24) is 15.5 Å². The zero-order valence-electron chi connectivity index (χ0n) is 17.5. The first kappa shape index (κ1) is 24.3. The predicted octanol–water partition coefficient (Wildman–Crippen LogP) is 2.81. The number of fused-ring (bicyclic) bond motifs is 1. The highest BCUT2D eigenvalue weighted by atomic mass is 127. The molecular formula is C20H33IN4O3. The summed E-state index contributed by atoms with van der Waals surface area (Å²) in [5, 5.41) is 6.52. The van der Waals surface area contributed by atoms with Gasteiger partial charge in [0.15, 0.2) is 5.96 Å². The van der Waals surface area contributed by atoms with Gasteiger partial charge < -0.3 is 25.0 Å². The summed E-state index contributed by atoms with van der Waals surface area (Å²) in [5.74, 6) is 1.73. The van der Waals surface area contributed by atoms with Gasteiger partial charge in [-0.05, 0) is 44.4 Å². The molecule has 0 spiro atoms. The van der Waals surface area contributed by atoms with Gasteiger partial charge in [0.05, 0.1) is 6.61 Å². The van der Waals surface area contributed by atoms with Crippen LogP contribution in [0.3, 0.4) is 0 Å². The highest BCUT2D eigenvalue weighted by Gasteiger charge is 2.19. The van der Waals surface area contributed by atoms with Crippen molar-refractivity contribution in [2.75, 3.05) is 40.3 Å². The zero-order chi connectivity index (χ0) is 19.9. The molecule has 0 aromatic heterocycles. The van der Waals surface area contributed by atoms with Gasteiger partial charge in [0.25, 0.3) is 0 Å². The van der Waals surface area contributed by atoms with E-state index < -0.39 is 5.60 Å². The lowest BCUT2D eigenvalue weighted by Gasteiger charge is -2.24. The first-order chi connectivity index (χ1) is 12.8. The van der Waals surface area contributed by atoms with Crippen molar-refractivity contribution < 1.29 is 14.3 Å². The Balaban J connectivity index is 0.00000392. The number of amides is 1. The minimum absolute atomic E-state index is 0. The molecule has 0 atom stereocenters. The van der Waals surface area contributed by atoms with E-state index in [1.807, 2.05) is 20.8 Å². The van der Waals surface area contributed by atoms with E-state index in [1.54, 1.807) is 19.0 Å². The first-order valence-corrected chi connectivity index (χ1v) is 9.42. The van der Waals surface area contributed by atoms with Gasteiger partial charge in [-0.1, -0.05) is 12.1 Å². The molecule has 1 aromatic carbocycles. The Labute approximate surface area is 185 Å². The summed E-state index contributed by atoms with van der Waals surface area (Å²) < 4.78 is 10.9. The van der Waals surface area contributed by atoms with E-state index in [0.29, 0.717) is 13.1 Å². The maximum absolute atomic E-state index is 11.9. The van der Waals surface area contributed by atoms with Crippen LogP contribution in [0.1, 0.15) is 31.9 Å². The van der Waals surface area contributed by atoms with Gasteiger partial charge >= 0.3 is 6.09 Å². The Kier molecular flexibility index (Phi) is 9.84. The Morgan fingerprint density at radius 1 is 1.29 bits per heavy atom. The molecule has 0 unspecified atom stereocenters. The van der Waals surface area contributed by atoms with Crippen molar-refractivity contribution in [2.45, 2.75) is 39.2 Å². The van der Waals surface area contributed by atoms with E-state index in [1.165, 1.54) is 11.1 Å². The molecule has 1 aromatic rings. The maximum atomic E-state index is 11.9. The van der Waals surface area contributed by atoms with Crippen LogP contribution in [-0.2, 0) is 17.6 Å². The van der Waals surface area contributed by atoms with E-state index >= 15 is 0 Å². The van der Waals surface area contributed by atoms with Crippen LogP contribution in [0.5, 0.6) is 5.75 Å². The molecule has 1 aliphatic heterocycles. The van der Waals surface area contributed by atoms with Crippen LogP contribution in [0.25, 0.3) is 0 Å². The lowest BCUT2D eigenvalue weighted by Crippen LogP contribution is -2.43. The number of halogens is 1. The predicted molar refractivity (Wildman–Crippen MR) is 123 cm³/mol. The molecule has 0 saturated heterocycles. The molecule has 7 nitrogen and oxygen atoms in total. The van der Waals surface area contributed by atoms with Gasteiger partial charge in [-0.25, -0.2) is 4.79 Å². The van der Waals surface area contributed by atoms with Crippen molar-refractivity contribution >= 4 is 36.0 Å². The standard InChI is InChI=1S/C20H32N4O3.HI/c1-20(2,3)27-19(25)24(5)12-11-23-18(21-4)22-10-8-15-6-7-17-16(14-15)9-13-26-17;/h6-7,14H,8-13H2,1-5H3,(H2,21,22,23);1H. The molecule has 0 fully saturated rings. The second-order valence-electron chi connectivity index (χ2n) is 7.62. The summed E-state index contributed by atoms with van der Waals surface area (Å²) in [6.45, 7) is 8.25. The molecule has 0 aliphatic carbocycles. The number of nitrogens with one attached hydrogen (secondary N) is 2. The highest BCUT2D eigenvalue weighted by Crippen LogP contribution is 2.25. The molecule has 8 heteroatoms. The maximum Gasteiger partial charge on any atom is 0.410 e. The van der Waals surface area contributed by atoms with Crippen molar-refractivity contribution in [2.24, 2.45) is 4.99 Å². The molecule has 2 rings (SSSR count). The minimum Gasteiger partial charge on any atom is -0.493 e. The number of benzene rings is 1. The van der Waals surface area contributed by atoms with Gasteiger partial charge in [0, 0.05) is 40.2 Å².